The van der Waals surface area contributed by atoms with E-state index in [1.54, 1.807) is 0 Å². The molecule has 6 heteroatoms. The number of carboxylic acids is 1. The minimum Gasteiger partial charge on any atom is -0.493 e. The smallest absolute Gasteiger partial charge is 0.327 e. The maximum Gasteiger partial charge on any atom is 0.327 e. The molecule has 1 amide bonds. The van der Waals surface area contributed by atoms with Crippen molar-refractivity contribution in [3.63, 3.8) is 0 Å². The minimum absolute atomic E-state index is 0.173. The fourth-order valence-corrected chi connectivity index (χ4v) is 2.98. The van der Waals surface area contributed by atoms with Gasteiger partial charge in [0, 0.05) is 5.75 Å². The summed E-state index contributed by atoms with van der Waals surface area (Å²) in [5, 5.41) is 9.00. The Hall–Kier alpha value is -1.69. The van der Waals surface area contributed by atoms with E-state index < -0.39 is 12.0 Å². The first-order valence-electron chi connectivity index (χ1n) is 5.96. The summed E-state index contributed by atoms with van der Waals surface area (Å²) in [5.74, 6) is 0.499. The van der Waals surface area contributed by atoms with Crippen LogP contribution in [0.5, 0.6) is 5.75 Å². The molecule has 1 fully saturated rings. The summed E-state index contributed by atoms with van der Waals surface area (Å²) in [4.78, 5) is 24.3. The number of para-hydroxylation sites is 1. The molecule has 1 heterocycles. The topological polar surface area (TPSA) is 66.8 Å². The summed E-state index contributed by atoms with van der Waals surface area (Å²) in [6.45, 7) is 0.260. The van der Waals surface area contributed by atoms with E-state index in [0.29, 0.717) is 17.4 Å². The maximum atomic E-state index is 11.9. The monoisotopic (exact) mass is 281 g/mol. The number of benzene rings is 1. The van der Waals surface area contributed by atoms with Crippen molar-refractivity contribution in [2.75, 3.05) is 18.2 Å². The van der Waals surface area contributed by atoms with Crippen molar-refractivity contribution in [3.05, 3.63) is 30.3 Å². The quantitative estimate of drug-likeness (QED) is 0.884. The van der Waals surface area contributed by atoms with Crippen LogP contribution in [0.25, 0.3) is 0 Å². The van der Waals surface area contributed by atoms with Gasteiger partial charge < -0.3 is 14.7 Å². The van der Waals surface area contributed by atoms with Gasteiger partial charge in [-0.05, 0) is 12.1 Å². The molecular formula is C13H15NO4S. The molecule has 1 aromatic carbocycles. The Bertz CT molecular complexity index is 451. The van der Waals surface area contributed by atoms with Crippen LogP contribution in [0.2, 0.25) is 0 Å². The fraction of sp³-hybridized carbons (Fsp3) is 0.385. The van der Waals surface area contributed by atoms with Gasteiger partial charge in [-0.25, -0.2) is 4.79 Å². The average Bonchev–Trinajstić information content (AvgIpc) is 2.89. The Morgan fingerprint density at radius 3 is 2.79 bits per heavy atom. The fourth-order valence-electron chi connectivity index (χ4n) is 1.81. The van der Waals surface area contributed by atoms with Gasteiger partial charge in [-0.3, -0.25) is 4.79 Å². The SMILES string of the molecule is O=C(O)C1CSCN1C(=O)CCOc1ccccc1. The van der Waals surface area contributed by atoms with E-state index in [9.17, 15) is 9.59 Å². The molecular weight excluding hydrogens is 266 g/mol. The highest BCUT2D eigenvalue weighted by atomic mass is 32.2. The lowest BCUT2D eigenvalue weighted by Crippen LogP contribution is -2.42. The predicted octanol–water partition coefficient (Wildman–Crippen LogP) is 1.44. The van der Waals surface area contributed by atoms with Gasteiger partial charge in [0.2, 0.25) is 5.91 Å². The number of carbonyl (C=O) groups excluding carboxylic acids is 1. The number of amides is 1. The zero-order chi connectivity index (χ0) is 13.7. The lowest BCUT2D eigenvalue weighted by atomic mass is 10.2. The Kier molecular flexibility index (Phi) is 4.68. The molecule has 0 bridgehead atoms. The standard InChI is InChI=1S/C13H15NO4S/c15-12(14-9-19-8-11(14)13(16)17)6-7-18-10-4-2-1-3-5-10/h1-5,11H,6-9H2,(H,16,17). The molecule has 1 aromatic rings. The number of hydrogen-bond acceptors (Lipinski definition) is 4. The summed E-state index contributed by atoms with van der Waals surface area (Å²) in [6.07, 6.45) is 0.194. The zero-order valence-electron chi connectivity index (χ0n) is 10.3. The summed E-state index contributed by atoms with van der Waals surface area (Å²) in [7, 11) is 0. The van der Waals surface area contributed by atoms with Crippen molar-refractivity contribution in [2.24, 2.45) is 0 Å². The van der Waals surface area contributed by atoms with Crippen LogP contribution in [0.4, 0.5) is 0 Å². The van der Waals surface area contributed by atoms with E-state index in [1.807, 2.05) is 30.3 Å². The molecule has 0 aliphatic carbocycles. The van der Waals surface area contributed by atoms with E-state index in [2.05, 4.69) is 0 Å². The van der Waals surface area contributed by atoms with Crippen LogP contribution in [-0.4, -0.2) is 46.2 Å². The van der Waals surface area contributed by atoms with E-state index in [0.717, 1.165) is 0 Å². The van der Waals surface area contributed by atoms with Crippen molar-refractivity contribution in [1.29, 1.82) is 0 Å². The molecule has 1 aliphatic heterocycles. The molecule has 19 heavy (non-hydrogen) atoms. The summed E-state index contributed by atoms with van der Waals surface area (Å²) in [5.41, 5.74) is 0. The zero-order valence-corrected chi connectivity index (χ0v) is 11.1. The van der Waals surface area contributed by atoms with E-state index in [4.69, 9.17) is 9.84 Å². The lowest BCUT2D eigenvalue weighted by Gasteiger charge is -2.20. The molecule has 0 aromatic heterocycles. The molecule has 102 valence electrons. The summed E-state index contributed by atoms with van der Waals surface area (Å²) < 4.78 is 5.43. The second-order valence-electron chi connectivity index (χ2n) is 4.13. The molecule has 1 unspecified atom stereocenters. The molecule has 5 nitrogen and oxygen atoms in total. The third kappa shape index (κ3) is 3.64. The second-order valence-corrected chi connectivity index (χ2v) is 5.13. The number of carboxylic acid groups (broad SMARTS) is 1. The maximum absolute atomic E-state index is 11.9. The number of carbonyl (C=O) groups is 2. The van der Waals surface area contributed by atoms with Gasteiger partial charge in [0.1, 0.15) is 11.8 Å². The first-order valence-corrected chi connectivity index (χ1v) is 7.12. The minimum atomic E-state index is -0.942. The third-order valence-corrected chi connectivity index (χ3v) is 3.83. The Morgan fingerprint density at radius 2 is 2.11 bits per heavy atom. The Labute approximate surface area is 115 Å². The van der Waals surface area contributed by atoms with Crippen molar-refractivity contribution in [2.45, 2.75) is 12.5 Å². The number of rotatable bonds is 5. The van der Waals surface area contributed by atoms with Crippen molar-refractivity contribution >= 4 is 23.6 Å². The predicted molar refractivity (Wildman–Crippen MR) is 72.1 cm³/mol. The highest BCUT2D eigenvalue weighted by Crippen LogP contribution is 2.21. The first-order chi connectivity index (χ1) is 9.18. The highest BCUT2D eigenvalue weighted by Gasteiger charge is 2.34. The van der Waals surface area contributed by atoms with Crippen molar-refractivity contribution in [1.82, 2.24) is 4.90 Å². The van der Waals surface area contributed by atoms with Crippen LogP contribution in [0, 0.1) is 0 Å². The Morgan fingerprint density at radius 1 is 1.37 bits per heavy atom. The molecule has 0 saturated carbocycles. The third-order valence-electron chi connectivity index (χ3n) is 2.82. The van der Waals surface area contributed by atoms with Gasteiger partial charge in [-0.2, -0.15) is 0 Å². The van der Waals surface area contributed by atoms with Crippen LogP contribution < -0.4 is 4.74 Å². The van der Waals surface area contributed by atoms with E-state index in [-0.39, 0.29) is 18.9 Å². The van der Waals surface area contributed by atoms with Gasteiger partial charge >= 0.3 is 5.97 Å². The van der Waals surface area contributed by atoms with Crippen molar-refractivity contribution < 1.29 is 19.4 Å². The van der Waals surface area contributed by atoms with Gasteiger partial charge in [0.05, 0.1) is 18.9 Å². The number of aliphatic carboxylic acids is 1. The van der Waals surface area contributed by atoms with Gasteiger partial charge in [0.25, 0.3) is 0 Å². The molecule has 1 atom stereocenters. The number of nitrogens with zero attached hydrogens (tertiary/aromatic N) is 1. The number of ether oxygens (including phenoxy) is 1. The second kappa shape index (κ2) is 6.47. The molecule has 1 N–H and O–H groups in total. The van der Waals surface area contributed by atoms with E-state index >= 15 is 0 Å². The highest BCUT2D eigenvalue weighted by molar-refractivity contribution is 7.99. The summed E-state index contributed by atoms with van der Waals surface area (Å²) >= 11 is 1.46. The lowest BCUT2D eigenvalue weighted by molar-refractivity contribution is -0.147. The number of hydrogen-bond donors (Lipinski definition) is 1. The van der Waals surface area contributed by atoms with Gasteiger partial charge in [-0.15, -0.1) is 11.8 Å². The van der Waals surface area contributed by atoms with Crippen LogP contribution >= 0.6 is 11.8 Å². The first kappa shape index (κ1) is 13.7. The molecule has 2 rings (SSSR count). The molecule has 1 aliphatic rings. The number of thioether (sulfide) groups is 1. The molecule has 0 spiro atoms. The van der Waals surface area contributed by atoms with Gasteiger partial charge in [0.15, 0.2) is 0 Å². The van der Waals surface area contributed by atoms with Crippen LogP contribution in [0.3, 0.4) is 0 Å². The largest absolute Gasteiger partial charge is 0.493 e. The van der Waals surface area contributed by atoms with Gasteiger partial charge in [-0.1, -0.05) is 18.2 Å². The molecule has 1 saturated heterocycles. The van der Waals surface area contributed by atoms with Crippen molar-refractivity contribution in [3.8, 4) is 5.75 Å². The van der Waals surface area contributed by atoms with Crippen LogP contribution in [-0.2, 0) is 9.59 Å². The van der Waals surface area contributed by atoms with Crippen LogP contribution in [0.15, 0.2) is 30.3 Å². The molecule has 0 radical (unpaired) electrons. The van der Waals surface area contributed by atoms with E-state index in [1.165, 1.54) is 16.7 Å². The summed E-state index contributed by atoms with van der Waals surface area (Å²) in [6, 6.07) is 8.53. The Balaban J connectivity index is 1.80. The van der Waals surface area contributed by atoms with Crippen LogP contribution in [0.1, 0.15) is 6.42 Å². The average molecular weight is 281 g/mol. The normalized spacial score (nSPS) is 18.3.